The summed E-state index contributed by atoms with van der Waals surface area (Å²) in [6, 6.07) is 6.66. The molecule has 1 heterocycles. The molecule has 0 amide bonds. The van der Waals surface area contributed by atoms with E-state index in [2.05, 4.69) is 4.98 Å². The molecule has 3 rings (SSSR count). The number of carbonyl (C=O) groups excluding carboxylic acids is 2. The number of nitrogens with one attached hydrogen (secondary N) is 1. The van der Waals surface area contributed by atoms with Gasteiger partial charge in [0, 0.05) is 28.5 Å². The van der Waals surface area contributed by atoms with E-state index in [0.29, 0.717) is 16.7 Å². The Kier molecular flexibility index (Phi) is 2.07. The number of benzene rings is 1. The van der Waals surface area contributed by atoms with Crippen LogP contribution in [-0.2, 0) is 0 Å². The first-order valence-electron chi connectivity index (χ1n) is 5.52. The van der Waals surface area contributed by atoms with E-state index in [-0.39, 0.29) is 28.3 Å². The van der Waals surface area contributed by atoms with E-state index in [1.165, 1.54) is 6.20 Å². The molecule has 0 radical (unpaired) electrons. The Balaban J connectivity index is 2.41. The topological polar surface area (TPSA) is 67.0 Å². The zero-order chi connectivity index (χ0) is 12.9. The number of fused-ring (bicyclic) bond motifs is 2. The Morgan fingerprint density at radius 1 is 0.889 bits per heavy atom. The molecule has 1 aliphatic carbocycles. The summed E-state index contributed by atoms with van der Waals surface area (Å²) in [6.45, 7) is 1.55. The van der Waals surface area contributed by atoms with Crippen LogP contribution in [0.25, 0.3) is 0 Å². The van der Waals surface area contributed by atoms with Crippen molar-refractivity contribution in [2.45, 2.75) is 6.92 Å². The van der Waals surface area contributed by atoms with Gasteiger partial charge in [0.1, 0.15) is 0 Å². The van der Waals surface area contributed by atoms with E-state index < -0.39 is 0 Å². The Morgan fingerprint density at radius 2 is 1.50 bits per heavy atom. The summed E-state index contributed by atoms with van der Waals surface area (Å²) in [5, 5.41) is 0. The number of hydrogen-bond acceptors (Lipinski definition) is 3. The highest BCUT2D eigenvalue weighted by atomic mass is 16.1. The molecule has 1 aromatic carbocycles. The fraction of sp³-hybridized carbons (Fsp3) is 0.0714. The Hall–Kier alpha value is -2.49. The first-order chi connectivity index (χ1) is 8.61. The SMILES string of the molecule is Cc1c2c(c[nH]c1=O)C(=O)c1ccccc1C2=O. The summed E-state index contributed by atoms with van der Waals surface area (Å²) in [5.41, 5.74) is 1.21. The maximum Gasteiger partial charge on any atom is 0.251 e. The monoisotopic (exact) mass is 239 g/mol. The van der Waals surface area contributed by atoms with E-state index in [4.69, 9.17) is 0 Å². The summed E-state index contributed by atoms with van der Waals surface area (Å²) in [7, 11) is 0. The van der Waals surface area contributed by atoms with Crippen molar-refractivity contribution >= 4 is 11.6 Å². The van der Waals surface area contributed by atoms with Gasteiger partial charge in [-0.15, -0.1) is 0 Å². The minimum atomic E-state index is -0.339. The highest BCUT2D eigenvalue weighted by Gasteiger charge is 2.31. The van der Waals surface area contributed by atoms with Crippen molar-refractivity contribution in [2.75, 3.05) is 0 Å². The molecular weight excluding hydrogens is 230 g/mol. The van der Waals surface area contributed by atoms with Crippen molar-refractivity contribution in [2.24, 2.45) is 0 Å². The molecule has 1 aromatic heterocycles. The lowest BCUT2D eigenvalue weighted by atomic mass is 9.83. The predicted octanol–water partition coefficient (Wildman–Crippen LogP) is 1.46. The standard InChI is InChI=1S/C14H9NO3/c1-7-11-10(6-15-14(7)18)12(16)8-4-2-3-5-9(8)13(11)17/h2-6H,1H3,(H,15,18). The number of pyridine rings is 1. The molecule has 0 saturated heterocycles. The van der Waals surface area contributed by atoms with E-state index in [1.807, 2.05) is 0 Å². The fourth-order valence-electron chi connectivity index (χ4n) is 2.26. The summed E-state index contributed by atoms with van der Waals surface area (Å²) in [5.74, 6) is -0.483. The van der Waals surface area contributed by atoms with Crippen molar-refractivity contribution in [3.8, 4) is 0 Å². The summed E-state index contributed by atoms with van der Waals surface area (Å²) < 4.78 is 0. The number of carbonyl (C=O) groups is 2. The summed E-state index contributed by atoms with van der Waals surface area (Å²) in [6.07, 6.45) is 1.32. The van der Waals surface area contributed by atoms with Crippen LogP contribution in [0.15, 0.2) is 35.3 Å². The Bertz CT molecular complexity index is 756. The third-order valence-corrected chi connectivity index (χ3v) is 3.22. The van der Waals surface area contributed by atoms with Crippen LogP contribution in [0.2, 0.25) is 0 Å². The van der Waals surface area contributed by atoms with Gasteiger partial charge in [0.25, 0.3) is 5.56 Å². The number of aromatic nitrogens is 1. The predicted molar refractivity (Wildman–Crippen MR) is 65.1 cm³/mol. The molecule has 0 bridgehead atoms. The lowest BCUT2D eigenvalue weighted by Crippen LogP contribution is -2.26. The third kappa shape index (κ3) is 1.23. The number of aromatic amines is 1. The third-order valence-electron chi connectivity index (χ3n) is 3.22. The van der Waals surface area contributed by atoms with Gasteiger partial charge in [-0.25, -0.2) is 0 Å². The van der Waals surface area contributed by atoms with Crippen LogP contribution in [0, 0.1) is 6.92 Å². The number of ketones is 2. The number of H-pyrrole nitrogens is 1. The van der Waals surface area contributed by atoms with Gasteiger partial charge in [-0.05, 0) is 6.92 Å². The van der Waals surface area contributed by atoms with Crippen molar-refractivity contribution in [3.05, 3.63) is 68.6 Å². The molecule has 0 fully saturated rings. The molecule has 0 aliphatic heterocycles. The average molecular weight is 239 g/mol. The molecule has 18 heavy (non-hydrogen) atoms. The quantitative estimate of drug-likeness (QED) is 0.645. The first kappa shape index (κ1) is 10.7. The van der Waals surface area contributed by atoms with Gasteiger partial charge in [0.2, 0.25) is 0 Å². The molecule has 4 heteroatoms. The zero-order valence-corrected chi connectivity index (χ0v) is 9.61. The van der Waals surface area contributed by atoms with Crippen LogP contribution in [0.1, 0.15) is 37.4 Å². The van der Waals surface area contributed by atoms with E-state index in [9.17, 15) is 14.4 Å². The van der Waals surface area contributed by atoms with Gasteiger partial charge in [-0.3, -0.25) is 14.4 Å². The number of rotatable bonds is 0. The molecule has 0 saturated carbocycles. The normalized spacial score (nSPS) is 13.2. The maximum absolute atomic E-state index is 12.3. The molecule has 0 atom stereocenters. The van der Waals surface area contributed by atoms with E-state index in [1.54, 1.807) is 31.2 Å². The van der Waals surface area contributed by atoms with Gasteiger partial charge < -0.3 is 4.98 Å². The Morgan fingerprint density at radius 3 is 2.17 bits per heavy atom. The van der Waals surface area contributed by atoms with Crippen LogP contribution in [0.3, 0.4) is 0 Å². The van der Waals surface area contributed by atoms with Crippen LogP contribution >= 0.6 is 0 Å². The smallest absolute Gasteiger partial charge is 0.251 e. The molecule has 1 N–H and O–H groups in total. The molecule has 1 aliphatic rings. The second-order valence-corrected chi connectivity index (χ2v) is 4.24. The molecule has 0 unspecified atom stereocenters. The van der Waals surface area contributed by atoms with Gasteiger partial charge in [0.05, 0.1) is 5.56 Å². The average Bonchev–Trinajstić information content (AvgIpc) is 2.39. The zero-order valence-electron chi connectivity index (χ0n) is 9.61. The second-order valence-electron chi connectivity index (χ2n) is 4.24. The van der Waals surface area contributed by atoms with Crippen LogP contribution in [0.4, 0.5) is 0 Å². The minimum Gasteiger partial charge on any atom is -0.328 e. The van der Waals surface area contributed by atoms with Crippen molar-refractivity contribution in [1.82, 2.24) is 4.98 Å². The van der Waals surface area contributed by atoms with Crippen LogP contribution in [-0.4, -0.2) is 16.6 Å². The lowest BCUT2D eigenvalue weighted by Gasteiger charge is -2.17. The molecule has 0 spiro atoms. The second kappa shape index (κ2) is 3.50. The minimum absolute atomic E-state index is 0.223. The van der Waals surface area contributed by atoms with Crippen LogP contribution < -0.4 is 5.56 Å². The van der Waals surface area contributed by atoms with E-state index in [0.717, 1.165) is 0 Å². The van der Waals surface area contributed by atoms with Crippen LogP contribution in [0.5, 0.6) is 0 Å². The van der Waals surface area contributed by atoms with Crippen molar-refractivity contribution in [1.29, 1.82) is 0 Å². The lowest BCUT2D eigenvalue weighted by molar-refractivity contribution is 0.0978. The molecule has 88 valence electrons. The van der Waals surface area contributed by atoms with Gasteiger partial charge in [-0.1, -0.05) is 24.3 Å². The number of hydrogen-bond donors (Lipinski definition) is 1. The molecule has 2 aromatic rings. The largest absolute Gasteiger partial charge is 0.328 e. The summed E-state index contributed by atoms with van der Waals surface area (Å²) >= 11 is 0. The maximum atomic E-state index is 12.3. The summed E-state index contributed by atoms with van der Waals surface area (Å²) in [4.78, 5) is 38.6. The Labute approximate surface area is 102 Å². The first-order valence-corrected chi connectivity index (χ1v) is 5.52. The van der Waals surface area contributed by atoms with Gasteiger partial charge >= 0.3 is 0 Å². The van der Waals surface area contributed by atoms with Crippen molar-refractivity contribution in [3.63, 3.8) is 0 Å². The van der Waals surface area contributed by atoms with Crippen molar-refractivity contribution < 1.29 is 9.59 Å². The molecular formula is C14H9NO3. The highest BCUT2D eigenvalue weighted by molar-refractivity contribution is 6.28. The van der Waals surface area contributed by atoms with Gasteiger partial charge in [-0.2, -0.15) is 0 Å². The molecule has 4 nitrogen and oxygen atoms in total. The van der Waals surface area contributed by atoms with Gasteiger partial charge in [0.15, 0.2) is 11.6 Å². The van der Waals surface area contributed by atoms with E-state index >= 15 is 0 Å². The highest BCUT2D eigenvalue weighted by Crippen LogP contribution is 2.27. The fourth-order valence-corrected chi connectivity index (χ4v) is 2.26.